The molecule has 152 valence electrons. The van der Waals surface area contributed by atoms with Crippen molar-refractivity contribution in [3.63, 3.8) is 0 Å². The van der Waals surface area contributed by atoms with E-state index in [0.717, 1.165) is 5.76 Å². The van der Waals surface area contributed by atoms with E-state index < -0.39 is 0 Å². The zero-order valence-corrected chi connectivity index (χ0v) is 17.7. The number of furan rings is 1. The van der Waals surface area contributed by atoms with Crippen LogP contribution in [0, 0.1) is 0 Å². The minimum Gasteiger partial charge on any atom is -0.494 e. The number of ether oxygens (including phenoxy) is 1. The lowest BCUT2D eigenvalue weighted by atomic mass is 10.1. The maximum atomic E-state index is 13.4. The standard InChI is InChI=1S/C23H18ClNO4S/c1-2-28-18-6-3-5-17(13-18)25-22(26)20(15-8-10-16(24)11-9-15)21(23(25)27)30-14-19-7-4-12-29-19/h3-13H,2,14H2,1H3. The normalized spacial score (nSPS) is 14.0. The average Bonchev–Trinajstić information content (AvgIpc) is 3.34. The van der Waals surface area contributed by atoms with Gasteiger partial charge in [-0.25, -0.2) is 4.90 Å². The van der Waals surface area contributed by atoms with Crippen molar-refractivity contribution in [3.8, 4) is 5.75 Å². The molecule has 0 saturated carbocycles. The van der Waals surface area contributed by atoms with Crippen molar-refractivity contribution in [3.05, 3.63) is 88.2 Å². The number of rotatable bonds is 7. The van der Waals surface area contributed by atoms with Crippen LogP contribution < -0.4 is 9.64 Å². The van der Waals surface area contributed by atoms with Gasteiger partial charge < -0.3 is 9.15 Å². The molecule has 0 fully saturated rings. The largest absolute Gasteiger partial charge is 0.494 e. The summed E-state index contributed by atoms with van der Waals surface area (Å²) in [5.74, 6) is 1.01. The number of amides is 2. The van der Waals surface area contributed by atoms with Crippen molar-refractivity contribution in [2.24, 2.45) is 0 Å². The Balaban J connectivity index is 1.73. The smallest absolute Gasteiger partial charge is 0.272 e. The van der Waals surface area contributed by atoms with Crippen molar-refractivity contribution in [1.82, 2.24) is 0 Å². The maximum absolute atomic E-state index is 13.4. The summed E-state index contributed by atoms with van der Waals surface area (Å²) in [4.78, 5) is 28.3. The van der Waals surface area contributed by atoms with Crippen LogP contribution in [0.5, 0.6) is 5.75 Å². The molecule has 1 aliphatic rings. The molecule has 0 aliphatic carbocycles. The fourth-order valence-corrected chi connectivity index (χ4v) is 4.31. The Morgan fingerprint density at radius 1 is 1.03 bits per heavy atom. The number of halogens is 1. The summed E-state index contributed by atoms with van der Waals surface area (Å²) in [7, 11) is 0. The van der Waals surface area contributed by atoms with Gasteiger partial charge in [0.1, 0.15) is 11.5 Å². The molecule has 0 bridgehead atoms. The molecule has 1 aliphatic heterocycles. The summed E-state index contributed by atoms with van der Waals surface area (Å²) in [6.45, 7) is 2.37. The van der Waals surface area contributed by atoms with Gasteiger partial charge in [0.15, 0.2) is 0 Å². The first kappa shape index (κ1) is 20.3. The molecule has 0 atom stereocenters. The van der Waals surface area contributed by atoms with E-state index in [4.69, 9.17) is 20.8 Å². The molecule has 7 heteroatoms. The van der Waals surface area contributed by atoms with Crippen molar-refractivity contribution < 1.29 is 18.7 Å². The summed E-state index contributed by atoms with van der Waals surface area (Å²) < 4.78 is 10.9. The lowest BCUT2D eigenvalue weighted by molar-refractivity contribution is -0.119. The molecular formula is C23H18ClNO4S. The minimum atomic E-state index is -0.377. The van der Waals surface area contributed by atoms with E-state index in [1.165, 1.54) is 16.7 Å². The molecular weight excluding hydrogens is 422 g/mol. The summed E-state index contributed by atoms with van der Waals surface area (Å²) in [6.07, 6.45) is 1.58. The Morgan fingerprint density at radius 3 is 2.53 bits per heavy atom. The van der Waals surface area contributed by atoms with Crippen LogP contribution in [0.2, 0.25) is 5.02 Å². The number of imide groups is 1. The Labute approximate surface area is 183 Å². The second kappa shape index (κ2) is 8.81. The molecule has 3 aromatic rings. The fraction of sp³-hybridized carbons (Fsp3) is 0.130. The van der Waals surface area contributed by atoms with Crippen LogP contribution in [0.15, 0.2) is 76.2 Å². The maximum Gasteiger partial charge on any atom is 0.272 e. The molecule has 4 rings (SSSR count). The van der Waals surface area contributed by atoms with Gasteiger partial charge in [0.25, 0.3) is 11.8 Å². The molecule has 0 spiro atoms. The zero-order valence-electron chi connectivity index (χ0n) is 16.1. The number of hydrogen-bond acceptors (Lipinski definition) is 5. The Kier molecular flexibility index (Phi) is 5.97. The van der Waals surface area contributed by atoms with Crippen LogP contribution in [0.25, 0.3) is 5.57 Å². The molecule has 2 aromatic carbocycles. The first-order valence-corrected chi connectivity index (χ1v) is 10.7. The van der Waals surface area contributed by atoms with Crippen molar-refractivity contribution in [1.29, 1.82) is 0 Å². The van der Waals surface area contributed by atoms with Crippen LogP contribution in [-0.2, 0) is 15.3 Å². The Morgan fingerprint density at radius 2 is 1.83 bits per heavy atom. The highest BCUT2D eigenvalue weighted by Gasteiger charge is 2.40. The number of thioether (sulfide) groups is 1. The third kappa shape index (κ3) is 4.01. The van der Waals surface area contributed by atoms with Gasteiger partial charge in [-0.1, -0.05) is 29.8 Å². The monoisotopic (exact) mass is 439 g/mol. The van der Waals surface area contributed by atoms with Crippen LogP contribution in [0.3, 0.4) is 0 Å². The SMILES string of the molecule is CCOc1cccc(N2C(=O)C(SCc3ccco3)=C(c3ccc(Cl)cc3)C2=O)c1. The number of nitrogens with zero attached hydrogens (tertiary/aromatic N) is 1. The third-order valence-corrected chi connectivity index (χ3v) is 5.85. The molecule has 0 N–H and O–H groups in total. The summed E-state index contributed by atoms with van der Waals surface area (Å²) in [5, 5.41) is 0.558. The average molecular weight is 440 g/mol. The quantitative estimate of drug-likeness (QED) is 0.452. The third-order valence-electron chi connectivity index (χ3n) is 4.50. The van der Waals surface area contributed by atoms with Crippen LogP contribution in [0.4, 0.5) is 5.69 Å². The molecule has 0 unspecified atom stereocenters. The van der Waals surface area contributed by atoms with E-state index in [2.05, 4.69) is 0 Å². The predicted octanol–water partition coefficient (Wildman–Crippen LogP) is 5.55. The van der Waals surface area contributed by atoms with E-state index in [1.807, 2.05) is 13.0 Å². The van der Waals surface area contributed by atoms with E-state index in [9.17, 15) is 9.59 Å². The van der Waals surface area contributed by atoms with Crippen LogP contribution in [0.1, 0.15) is 18.2 Å². The molecule has 0 saturated heterocycles. The predicted molar refractivity (Wildman–Crippen MR) is 118 cm³/mol. The topological polar surface area (TPSA) is 59.8 Å². The van der Waals surface area contributed by atoms with Gasteiger partial charge in [-0.2, -0.15) is 0 Å². The Hall–Kier alpha value is -2.96. The van der Waals surface area contributed by atoms with E-state index in [-0.39, 0.29) is 11.8 Å². The summed E-state index contributed by atoms with van der Waals surface area (Å²) in [5.41, 5.74) is 1.47. The van der Waals surface area contributed by atoms with Crippen molar-refractivity contribution in [2.75, 3.05) is 11.5 Å². The lowest BCUT2D eigenvalue weighted by Gasteiger charge is -2.16. The highest BCUT2D eigenvalue weighted by molar-refractivity contribution is 8.03. The van der Waals surface area contributed by atoms with Crippen molar-refractivity contribution >= 4 is 46.4 Å². The number of carbonyl (C=O) groups is 2. The van der Waals surface area contributed by atoms with Gasteiger partial charge >= 0.3 is 0 Å². The molecule has 2 heterocycles. The summed E-state index contributed by atoms with van der Waals surface area (Å²) >= 11 is 7.29. The van der Waals surface area contributed by atoms with Gasteiger partial charge in [0.2, 0.25) is 0 Å². The van der Waals surface area contributed by atoms with Gasteiger partial charge in [-0.05, 0) is 48.9 Å². The highest BCUT2D eigenvalue weighted by Crippen LogP contribution is 2.40. The van der Waals surface area contributed by atoms with E-state index >= 15 is 0 Å². The molecule has 0 radical (unpaired) electrons. The molecule has 1 aromatic heterocycles. The van der Waals surface area contributed by atoms with Gasteiger partial charge in [0, 0.05) is 11.1 Å². The Bertz CT molecular complexity index is 1110. The fourth-order valence-electron chi connectivity index (χ4n) is 3.17. The van der Waals surface area contributed by atoms with Crippen LogP contribution in [-0.4, -0.2) is 18.4 Å². The molecule has 2 amide bonds. The van der Waals surface area contributed by atoms with E-state index in [1.54, 1.807) is 60.9 Å². The highest BCUT2D eigenvalue weighted by atomic mass is 35.5. The van der Waals surface area contributed by atoms with E-state index in [0.29, 0.717) is 44.9 Å². The summed E-state index contributed by atoms with van der Waals surface area (Å²) in [6, 6.07) is 17.5. The van der Waals surface area contributed by atoms with Crippen molar-refractivity contribution in [2.45, 2.75) is 12.7 Å². The van der Waals surface area contributed by atoms with Gasteiger partial charge in [-0.15, -0.1) is 11.8 Å². The van der Waals surface area contributed by atoms with Gasteiger partial charge in [0.05, 0.1) is 34.8 Å². The molecule has 30 heavy (non-hydrogen) atoms. The second-order valence-corrected chi connectivity index (χ2v) is 7.88. The number of carbonyl (C=O) groups excluding carboxylic acids is 2. The first-order chi connectivity index (χ1) is 14.6. The first-order valence-electron chi connectivity index (χ1n) is 9.35. The molecule has 5 nitrogen and oxygen atoms in total. The number of anilines is 1. The minimum absolute atomic E-state index is 0.357. The second-order valence-electron chi connectivity index (χ2n) is 6.46. The van der Waals surface area contributed by atoms with Crippen LogP contribution >= 0.6 is 23.4 Å². The number of benzene rings is 2. The van der Waals surface area contributed by atoms with Gasteiger partial charge in [-0.3, -0.25) is 9.59 Å². The zero-order chi connectivity index (χ0) is 21.1. The number of hydrogen-bond donors (Lipinski definition) is 0. The lowest BCUT2D eigenvalue weighted by Crippen LogP contribution is -2.31.